The number of hydrogen-bond acceptors (Lipinski definition) is 6. The van der Waals surface area contributed by atoms with E-state index in [1.54, 1.807) is 18.2 Å². The molecule has 32 heavy (non-hydrogen) atoms. The van der Waals surface area contributed by atoms with Crippen molar-refractivity contribution >= 4 is 36.3 Å². The van der Waals surface area contributed by atoms with Gasteiger partial charge in [-0.25, -0.2) is 4.39 Å². The summed E-state index contributed by atoms with van der Waals surface area (Å²) in [5, 5.41) is 4.27. The van der Waals surface area contributed by atoms with Crippen LogP contribution in [0.15, 0.2) is 54.4 Å². The smallest absolute Gasteiger partial charge is 0.431 e. The average Bonchev–Trinajstić information content (AvgIpc) is 2.74. The van der Waals surface area contributed by atoms with Crippen LogP contribution < -0.4 is 25.6 Å². The van der Waals surface area contributed by atoms with E-state index in [4.69, 9.17) is 34.3 Å². The van der Waals surface area contributed by atoms with E-state index in [0.29, 0.717) is 11.8 Å². The number of pyridine rings is 1. The first-order valence-corrected chi connectivity index (χ1v) is 9.31. The molecule has 0 amide bonds. The van der Waals surface area contributed by atoms with Crippen molar-refractivity contribution in [2.75, 3.05) is 26.1 Å². The number of rotatable bonds is 9. The van der Waals surface area contributed by atoms with E-state index in [-0.39, 0.29) is 34.4 Å². The molecule has 2 aromatic rings. The van der Waals surface area contributed by atoms with Gasteiger partial charge in [0.1, 0.15) is 30.9 Å². The number of alkyl halides is 3. The SMILES string of the molecule is [B]c1cc(F)c(N/C(=C\C(=S)NC)C(F)(F)F)nc1Oc1ccccc1OCC(=C)OC. The van der Waals surface area contributed by atoms with Gasteiger partial charge in [-0.15, -0.1) is 0 Å². The zero-order chi connectivity index (χ0) is 23.9. The summed E-state index contributed by atoms with van der Waals surface area (Å²) in [6.07, 6.45) is -4.26. The molecule has 1 aromatic carbocycles. The Morgan fingerprint density at radius 3 is 2.53 bits per heavy atom. The largest absolute Gasteiger partial charge is 0.498 e. The lowest BCUT2D eigenvalue weighted by molar-refractivity contribution is -0.0902. The third kappa shape index (κ3) is 6.87. The Labute approximate surface area is 188 Å². The van der Waals surface area contributed by atoms with Gasteiger partial charge in [0.15, 0.2) is 23.1 Å². The van der Waals surface area contributed by atoms with E-state index >= 15 is 0 Å². The Balaban J connectivity index is 2.37. The lowest BCUT2D eigenvalue weighted by atomic mass is 9.97. The van der Waals surface area contributed by atoms with Crippen LogP contribution in [0.5, 0.6) is 17.4 Å². The Hall–Kier alpha value is -3.28. The Bertz CT molecular complexity index is 1030. The molecule has 0 atom stereocenters. The molecule has 6 nitrogen and oxygen atoms in total. The predicted molar refractivity (Wildman–Crippen MR) is 117 cm³/mol. The first-order valence-electron chi connectivity index (χ1n) is 8.90. The van der Waals surface area contributed by atoms with Gasteiger partial charge >= 0.3 is 6.18 Å². The molecule has 0 bridgehead atoms. The fraction of sp³-hybridized carbons (Fsp3) is 0.200. The molecule has 0 fully saturated rings. The Kier molecular flexibility index (Phi) is 8.47. The van der Waals surface area contributed by atoms with Crippen LogP contribution in [-0.2, 0) is 4.74 Å². The average molecular weight is 467 g/mol. The molecule has 0 aliphatic rings. The number of allylic oxidation sites excluding steroid dienone is 1. The highest BCUT2D eigenvalue weighted by Crippen LogP contribution is 2.32. The van der Waals surface area contributed by atoms with Gasteiger partial charge in [0.25, 0.3) is 0 Å². The maximum Gasteiger partial charge on any atom is 0.431 e. The summed E-state index contributed by atoms with van der Waals surface area (Å²) in [4.78, 5) is 3.55. The van der Waals surface area contributed by atoms with Gasteiger partial charge in [-0.3, -0.25) is 0 Å². The van der Waals surface area contributed by atoms with Crippen LogP contribution in [0.1, 0.15) is 0 Å². The van der Waals surface area contributed by atoms with E-state index < -0.39 is 23.5 Å². The van der Waals surface area contributed by atoms with E-state index in [2.05, 4.69) is 16.9 Å². The number of benzene rings is 1. The number of thiocarbonyl (C=S) groups is 1. The van der Waals surface area contributed by atoms with E-state index in [1.165, 1.54) is 20.2 Å². The van der Waals surface area contributed by atoms with Crippen molar-refractivity contribution < 1.29 is 31.8 Å². The molecular weight excluding hydrogens is 449 g/mol. The number of likely N-dealkylation sites (N-methyl/N-ethyl adjacent to an activating group) is 1. The molecule has 2 radical (unpaired) electrons. The number of ether oxygens (including phenoxy) is 3. The lowest BCUT2D eigenvalue weighted by Crippen LogP contribution is -2.24. The van der Waals surface area contributed by atoms with Crippen LogP contribution in [-0.4, -0.2) is 44.8 Å². The summed E-state index contributed by atoms with van der Waals surface area (Å²) in [6.45, 7) is 3.65. The number of methoxy groups -OCH3 is 1. The number of nitrogens with zero attached hydrogens (tertiary/aromatic N) is 1. The standard InChI is InChI=1S/C20H18BF4N3O3S/c1-11(29-3)10-30-14-6-4-5-7-15(14)31-19-12(21)8-13(22)18(28-19)27-16(20(23,24)25)9-17(32)26-2/h4-9H,1,10H2,2-3H3,(H,26,32)(H,27,28)/b16-9-. The minimum atomic E-state index is -4.86. The van der Waals surface area contributed by atoms with E-state index in [9.17, 15) is 17.6 Å². The molecule has 1 aromatic heterocycles. The second-order valence-electron chi connectivity index (χ2n) is 6.09. The van der Waals surface area contributed by atoms with Gasteiger partial charge < -0.3 is 24.8 Å². The summed E-state index contributed by atoms with van der Waals surface area (Å²) in [5.74, 6) is -1.49. The van der Waals surface area contributed by atoms with E-state index in [1.807, 2.05) is 5.32 Å². The third-order valence-electron chi connectivity index (χ3n) is 3.78. The number of hydrogen-bond donors (Lipinski definition) is 2. The molecule has 0 aliphatic carbocycles. The van der Waals surface area contributed by atoms with Crippen molar-refractivity contribution in [3.63, 3.8) is 0 Å². The van der Waals surface area contributed by atoms with Crippen LogP contribution in [0.3, 0.4) is 0 Å². The van der Waals surface area contributed by atoms with Crippen molar-refractivity contribution in [3.8, 4) is 17.4 Å². The summed E-state index contributed by atoms with van der Waals surface area (Å²) in [7, 11) is 8.53. The molecule has 1 heterocycles. The zero-order valence-electron chi connectivity index (χ0n) is 17.0. The number of aromatic nitrogens is 1. The zero-order valence-corrected chi connectivity index (χ0v) is 17.9. The van der Waals surface area contributed by atoms with Gasteiger partial charge in [0, 0.05) is 13.1 Å². The summed E-state index contributed by atoms with van der Waals surface area (Å²) in [6, 6.07) is 7.15. The van der Waals surface area contributed by atoms with Gasteiger partial charge in [0.05, 0.1) is 7.11 Å². The summed E-state index contributed by atoms with van der Waals surface area (Å²) in [5.41, 5.74) is -1.58. The van der Waals surface area contributed by atoms with Gasteiger partial charge in [-0.2, -0.15) is 18.2 Å². The maximum atomic E-state index is 14.3. The Morgan fingerprint density at radius 1 is 1.28 bits per heavy atom. The number of halogens is 4. The van der Waals surface area contributed by atoms with Gasteiger partial charge in [-0.05, 0) is 23.7 Å². The minimum Gasteiger partial charge on any atom is -0.498 e. The normalized spacial score (nSPS) is 11.5. The first-order chi connectivity index (χ1) is 15.0. The second-order valence-corrected chi connectivity index (χ2v) is 6.53. The highest BCUT2D eigenvalue weighted by molar-refractivity contribution is 7.80. The molecule has 0 saturated carbocycles. The van der Waals surface area contributed by atoms with Gasteiger partial charge in [-0.1, -0.05) is 30.9 Å². The molecule has 2 N–H and O–H groups in total. The number of nitrogens with one attached hydrogen (secondary N) is 2. The summed E-state index contributed by atoms with van der Waals surface area (Å²) >= 11 is 4.73. The molecule has 2 rings (SSSR count). The minimum absolute atomic E-state index is 0.0150. The topological polar surface area (TPSA) is 64.6 Å². The molecule has 168 valence electrons. The second kappa shape index (κ2) is 10.8. The van der Waals surface area contributed by atoms with Gasteiger partial charge in [0.2, 0.25) is 5.88 Å². The molecule has 0 aliphatic heterocycles. The molecule has 0 spiro atoms. The highest BCUT2D eigenvalue weighted by Gasteiger charge is 2.35. The van der Waals surface area contributed by atoms with Crippen LogP contribution >= 0.6 is 12.2 Å². The van der Waals surface area contributed by atoms with Crippen LogP contribution in [0.4, 0.5) is 23.4 Å². The fourth-order valence-corrected chi connectivity index (χ4v) is 2.27. The molecule has 12 heteroatoms. The molecular formula is C20H18BF4N3O3S. The fourth-order valence-electron chi connectivity index (χ4n) is 2.15. The monoisotopic (exact) mass is 467 g/mol. The van der Waals surface area contributed by atoms with Crippen LogP contribution in [0.25, 0.3) is 0 Å². The summed E-state index contributed by atoms with van der Waals surface area (Å²) < 4.78 is 70.4. The van der Waals surface area contributed by atoms with E-state index in [0.717, 1.165) is 6.07 Å². The van der Waals surface area contributed by atoms with Crippen molar-refractivity contribution in [2.24, 2.45) is 0 Å². The van der Waals surface area contributed by atoms with Crippen molar-refractivity contribution in [1.29, 1.82) is 0 Å². The molecule has 0 saturated heterocycles. The van der Waals surface area contributed by atoms with Crippen molar-refractivity contribution in [1.82, 2.24) is 10.3 Å². The number of anilines is 1. The molecule has 0 unspecified atom stereocenters. The third-order valence-corrected chi connectivity index (χ3v) is 4.10. The van der Waals surface area contributed by atoms with Crippen molar-refractivity contribution in [3.05, 3.63) is 60.3 Å². The lowest BCUT2D eigenvalue weighted by Gasteiger charge is -2.17. The highest BCUT2D eigenvalue weighted by atomic mass is 32.1. The van der Waals surface area contributed by atoms with Crippen LogP contribution in [0.2, 0.25) is 0 Å². The predicted octanol–water partition coefficient (Wildman–Crippen LogP) is 3.75. The van der Waals surface area contributed by atoms with Crippen LogP contribution in [0, 0.1) is 5.82 Å². The first kappa shape index (κ1) is 25.0. The van der Waals surface area contributed by atoms with Crippen molar-refractivity contribution in [2.45, 2.75) is 6.18 Å². The number of para-hydroxylation sites is 2. The maximum absolute atomic E-state index is 14.3. The quantitative estimate of drug-likeness (QED) is 0.192. The Morgan fingerprint density at radius 2 is 1.94 bits per heavy atom.